The van der Waals surface area contributed by atoms with Crippen molar-refractivity contribution >= 4 is 5.69 Å². The van der Waals surface area contributed by atoms with E-state index in [9.17, 15) is 19.6 Å². The Morgan fingerprint density at radius 2 is 1.90 bits per heavy atom. The number of ether oxygens (including phenoxy) is 1. The molecular formula is C14H12FNO4. The minimum atomic E-state index is -0.715. The third kappa shape index (κ3) is 2.85. The van der Waals surface area contributed by atoms with E-state index in [0.717, 1.165) is 11.6 Å². The smallest absolute Gasteiger partial charge is 0.314 e. The highest BCUT2D eigenvalue weighted by molar-refractivity contribution is 5.51. The molecule has 0 fully saturated rings. The van der Waals surface area contributed by atoms with Crippen LogP contribution in [0, 0.1) is 29.8 Å². The van der Waals surface area contributed by atoms with Crippen molar-refractivity contribution in [3.63, 3.8) is 0 Å². The van der Waals surface area contributed by atoms with Crippen molar-refractivity contribution < 1.29 is 19.2 Å². The van der Waals surface area contributed by atoms with E-state index in [-0.39, 0.29) is 22.8 Å². The van der Waals surface area contributed by atoms with Gasteiger partial charge in [0.25, 0.3) is 0 Å². The standard InChI is InChI=1S/C14H12FNO4/c1-8-3-10(17)6-11(4-8)20-14-5-9(2)12(15)7-13(14)16(18)19/h3-7,17H,1-2H3. The summed E-state index contributed by atoms with van der Waals surface area (Å²) in [5.41, 5.74) is 0.512. The molecule has 104 valence electrons. The second kappa shape index (κ2) is 5.16. The Labute approximate surface area is 114 Å². The van der Waals surface area contributed by atoms with E-state index < -0.39 is 16.4 Å². The minimum absolute atomic E-state index is 0.0125. The van der Waals surface area contributed by atoms with Gasteiger partial charge in [-0.3, -0.25) is 10.1 Å². The average Bonchev–Trinajstić information content (AvgIpc) is 2.31. The Balaban J connectivity index is 2.47. The largest absolute Gasteiger partial charge is 0.508 e. The van der Waals surface area contributed by atoms with Crippen LogP contribution in [0.5, 0.6) is 17.2 Å². The van der Waals surface area contributed by atoms with Gasteiger partial charge in [-0.05, 0) is 43.2 Å². The molecule has 0 aromatic heterocycles. The van der Waals surface area contributed by atoms with E-state index in [4.69, 9.17) is 4.74 Å². The Morgan fingerprint density at radius 3 is 2.50 bits per heavy atom. The first-order chi connectivity index (χ1) is 9.36. The number of hydrogen-bond acceptors (Lipinski definition) is 4. The van der Waals surface area contributed by atoms with E-state index >= 15 is 0 Å². The first-order valence-electron chi connectivity index (χ1n) is 5.80. The van der Waals surface area contributed by atoms with Gasteiger partial charge in [-0.15, -0.1) is 0 Å². The summed E-state index contributed by atoms with van der Waals surface area (Å²) in [7, 11) is 0. The molecule has 0 aliphatic rings. The van der Waals surface area contributed by atoms with Crippen LogP contribution >= 0.6 is 0 Å². The van der Waals surface area contributed by atoms with Crippen LogP contribution < -0.4 is 4.74 Å². The summed E-state index contributed by atoms with van der Waals surface area (Å²) in [5.74, 6) is -0.506. The number of nitro benzene ring substituents is 1. The van der Waals surface area contributed by atoms with Crippen molar-refractivity contribution in [1.29, 1.82) is 0 Å². The van der Waals surface area contributed by atoms with Crippen LogP contribution in [0.3, 0.4) is 0 Å². The van der Waals surface area contributed by atoms with Crippen LogP contribution in [-0.4, -0.2) is 10.0 Å². The van der Waals surface area contributed by atoms with Crippen LogP contribution in [0.2, 0.25) is 0 Å². The van der Waals surface area contributed by atoms with E-state index in [2.05, 4.69) is 0 Å². The number of rotatable bonds is 3. The highest BCUT2D eigenvalue weighted by Gasteiger charge is 2.19. The van der Waals surface area contributed by atoms with Crippen molar-refractivity contribution in [1.82, 2.24) is 0 Å². The summed E-state index contributed by atoms with van der Waals surface area (Å²) < 4.78 is 18.8. The second-order valence-corrected chi connectivity index (χ2v) is 4.43. The van der Waals surface area contributed by atoms with Crippen molar-refractivity contribution in [3.05, 3.63) is 57.4 Å². The summed E-state index contributed by atoms with van der Waals surface area (Å²) in [6.07, 6.45) is 0. The maximum atomic E-state index is 13.4. The van der Waals surface area contributed by atoms with E-state index in [1.165, 1.54) is 25.1 Å². The van der Waals surface area contributed by atoms with Gasteiger partial charge in [0.15, 0.2) is 0 Å². The van der Waals surface area contributed by atoms with Crippen LogP contribution in [0.15, 0.2) is 30.3 Å². The van der Waals surface area contributed by atoms with E-state index in [1.54, 1.807) is 13.0 Å². The van der Waals surface area contributed by atoms with E-state index in [1.807, 2.05) is 0 Å². The zero-order chi connectivity index (χ0) is 14.9. The number of halogens is 1. The molecule has 0 aliphatic carbocycles. The molecule has 0 amide bonds. The molecule has 2 aromatic carbocycles. The predicted molar refractivity (Wildman–Crippen MR) is 70.7 cm³/mol. The molecule has 0 atom stereocenters. The van der Waals surface area contributed by atoms with Crippen molar-refractivity contribution in [2.24, 2.45) is 0 Å². The van der Waals surface area contributed by atoms with Gasteiger partial charge in [-0.2, -0.15) is 0 Å². The number of phenolic OH excluding ortho intramolecular Hbond substituents is 1. The van der Waals surface area contributed by atoms with Gasteiger partial charge in [0.2, 0.25) is 5.75 Å². The lowest BCUT2D eigenvalue weighted by Gasteiger charge is -2.09. The third-order valence-electron chi connectivity index (χ3n) is 2.70. The van der Waals surface area contributed by atoms with Crippen molar-refractivity contribution in [2.75, 3.05) is 0 Å². The molecule has 6 heteroatoms. The molecule has 0 bridgehead atoms. The first-order valence-corrected chi connectivity index (χ1v) is 5.80. The zero-order valence-corrected chi connectivity index (χ0v) is 10.9. The highest BCUT2D eigenvalue weighted by Crippen LogP contribution is 2.34. The number of phenols is 1. The van der Waals surface area contributed by atoms with Gasteiger partial charge in [0.05, 0.1) is 11.0 Å². The van der Waals surface area contributed by atoms with Crippen LogP contribution in [0.4, 0.5) is 10.1 Å². The van der Waals surface area contributed by atoms with Gasteiger partial charge in [-0.25, -0.2) is 4.39 Å². The Kier molecular flexibility index (Phi) is 3.56. The summed E-state index contributed by atoms with van der Waals surface area (Å²) in [4.78, 5) is 10.2. The van der Waals surface area contributed by atoms with Gasteiger partial charge in [0, 0.05) is 6.07 Å². The van der Waals surface area contributed by atoms with Crippen molar-refractivity contribution in [2.45, 2.75) is 13.8 Å². The topological polar surface area (TPSA) is 72.6 Å². The molecule has 1 N–H and O–H groups in total. The lowest BCUT2D eigenvalue weighted by Crippen LogP contribution is -1.96. The van der Waals surface area contributed by atoms with Gasteiger partial charge < -0.3 is 9.84 Å². The van der Waals surface area contributed by atoms with Gasteiger partial charge in [0.1, 0.15) is 17.3 Å². The summed E-state index contributed by atoms with van der Waals surface area (Å²) in [6, 6.07) is 6.54. The number of nitrogens with zero attached hydrogens (tertiary/aromatic N) is 1. The molecule has 0 saturated carbocycles. The number of aromatic hydroxyl groups is 1. The fourth-order valence-electron chi connectivity index (χ4n) is 1.78. The van der Waals surface area contributed by atoms with Crippen LogP contribution in [0.25, 0.3) is 0 Å². The monoisotopic (exact) mass is 277 g/mol. The highest BCUT2D eigenvalue weighted by atomic mass is 19.1. The molecule has 5 nitrogen and oxygen atoms in total. The number of nitro groups is 1. The second-order valence-electron chi connectivity index (χ2n) is 4.43. The molecule has 0 heterocycles. The summed E-state index contributed by atoms with van der Waals surface area (Å²) in [6.45, 7) is 3.23. The number of aryl methyl sites for hydroxylation is 2. The fraction of sp³-hybridized carbons (Fsp3) is 0.143. The SMILES string of the molecule is Cc1cc(O)cc(Oc2cc(C)c(F)cc2[N+](=O)[O-])c1. The summed E-state index contributed by atoms with van der Waals surface area (Å²) >= 11 is 0. The molecule has 0 spiro atoms. The number of hydrogen-bond donors (Lipinski definition) is 1. The summed E-state index contributed by atoms with van der Waals surface area (Å²) in [5, 5.41) is 20.4. The zero-order valence-electron chi connectivity index (χ0n) is 10.9. The maximum Gasteiger partial charge on any atom is 0.314 e. The molecule has 20 heavy (non-hydrogen) atoms. The van der Waals surface area contributed by atoms with Crippen molar-refractivity contribution in [3.8, 4) is 17.2 Å². The Bertz CT molecular complexity index is 665. The Morgan fingerprint density at radius 1 is 1.20 bits per heavy atom. The van der Waals surface area contributed by atoms with E-state index in [0.29, 0.717) is 0 Å². The fourth-order valence-corrected chi connectivity index (χ4v) is 1.78. The van der Waals surface area contributed by atoms with Gasteiger partial charge >= 0.3 is 5.69 Å². The first kappa shape index (κ1) is 13.8. The maximum absolute atomic E-state index is 13.4. The molecule has 0 radical (unpaired) electrons. The molecular weight excluding hydrogens is 265 g/mol. The molecule has 0 unspecified atom stereocenters. The van der Waals surface area contributed by atoms with Crippen LogP contribution in [-0.2, 0) is 0 Å². The Hall–Kier alpha value is -2.63. The normalized spacial score (nSPS) is 10.3. The lowest BCUT2D eigenvalue weighted by molar-refractivity contribution is -0.385. The third-order valence-corrected chi connectivity index (χ3v) is 2.70. The van der Waals surface area contributed by atoms with Gasteiger partial charge in [-0.1, -0.05) is 0 Å². The van der Waals surface area contributed by atoms with Crippen LogP contribution in [0.1, 0.15) is 11.1 Å². The predicted octanol–water partition coefficient (Wildman–Crippen LogP) is 3.85. The number of benzene rings is 2. The molecule has 0 saturated heterocycles. The minimum Gasteiger partial charge on any atom is -0.508 e. The quantitative estimate of drug-likeness (QED) is 0.683. The molecule has 0 aliphatic heterocycles. The average molecular weight is 277 g/mol. The molecule has 2 rings (SSSR count). The molecule has 2 aromatic rings. The lowest BCUT2D eigenvalue weighted by atomic mass is 10.2.